The molecule has 1 heterocycles. The molecule has 0 saturated heterocycles. The van der Waals surface area contributed by atoms with Gasteiger partial charge in [-0.2, -0.15) is 0 Å². The molecule has 0 spiro atoms. The first-order valence-corrected chi connectivity index (χ1v) is 5.83. The van der Waals surface area contributed by atoms with Crippen LogP contribution in [0.5, 0.6) is 0 Å². The second kappa shape index (κ2) is 4.49. The number of fused-ring (bicyclic) bond motifs is 1. The molecule has 0 aliphatic carbocycles. The van der Waals surface area contributed by atoms with E-state index in [1.165, 1.54) is 0 Å². The van der Waals surface area contributed by atoms with Crippen LogP contribution in [0.15, 0.2) is 12.1 Å². The van der Waals surface area contributed by atoms with Crippen LogP contribution in [0.2, 0.25) is 5.02 Å². The Morgan fingerprint density at radius 1 is 1.56 bits per heavy atom. The molecule has 1 aromatic carbocycles. The van der Waals surface area contributed by atoms with Crippen molar-refractivity contribution in [1.29, 1.82) is 0 Å². The fourth-order valence-corrected chi connectivity index (χ4v) is 2.39. The predicted octanol–water partition coefficient (Wildman–Crippen LogP) is 1.88. The SMILES string of the molecule is Cc1cc(Cl)c2c(c1)N(C)C(CC(=O)O)C(=O)N2. The van der Waals surface area contributed by atoms with Crippen molar-refractivity contribution in [1.82, 2.24) is 0 Å². The molecule has 0 bridgehead atoms. The van der Waals surface area contributed by atoms with Gasteiger partial charge in [0.1, 0.15) is 6.04 Å². The predicted molar refractivity (Wildman–Crippen MR) is 69.3 cm³/mol. The summed E-state index contributed by atoms with van der Waals surface area (Å²) in [5.41, 5.74) is 2.23. The number of hydrogen-bond acceptors (Lipinski definition) is 3. The zero-order chi connectivity index (χ0) is 13.4. The lowest BCUT2D eigenvalue weighted by Crippen LogP contribution is -2.47. The lowest BCUT2D eigenvalue weighted by Gasteiger charge is -2.35. The first kappa shape index (κ1) is 12.7. The maximum Gasteiger partial charge on any atom is 0.305 e. The summed E-state index contributed by atoms with van der Waals surface area (Å²) in [6.45, 7) is 1.89. The minimum absolute atomic E-state index is 0.243. The molecule has 6 heteroatoms. The third-order valence-electron chi connectivity index (χ3n) is 2.98. The van der Waals surface area contributed by atoms with Crippen LogP contribution in [0.3, 0.4) is 0 Å². The number of amides is 1. The highest BCUT2D eigenvalue weighted by Gasteiger charge is 2.33. The third-order valence-corrected chi connectivity index (χ3v) is 3.28. The molecule has 96 valence electrons. The summed E-state index contributed by atoms with van der Waals surface area (Å²) in [5.74, 6) is -1.36. The van der Waals surface area contributed by atoms with Gasteiger partial charge in [-0.1, -0.05) is 11.6 Å². The van der Waals surface area contributed by atoms with E-state index in [2.05, 4.69) is 5.32 Å². The van der Waals surface area contributed by atoms with Crippen LogP contribution in [-0.4, -0.2) is 30.1 Å². The van der Waals surface area contributed by atoms with E-state index >= 15 is 0 Å². The van der Waals surface area contributed by atoms with Gasteiger partial charge in [-0.15, -0.1) is 0 Å². The first-order chi connectivity index (χ1) is 8.40. The number of likely N-dealkylation sites (N-methyl/N-ethyl adjacent to an activating group) is 1. The summed E-state index contributed by atoms with van der Waals surface area (Å²) in [4.78, 5) is 24.3. The van der Waals surface area contributed by atoms with E-state index in [4.69, 9.17) is 16.7 Å². The maximum absolute atomic E-state index is 11.9. The zero-order valence-corrected chi connectivity index (χ0v) is 10.8. The molecule has 1 aliphatic rings. The highest BCUT2D eigenvalue weighted by molar-refractivity contribution is 6.35. The number of nitrogens with zero attached hydrogens (tertiary/aromatic N) is 1. The first-order valence-electron chi connectivity index (χ1n) is 5.46. The Hall–Kier alpha value is -1.75. The smallest absolute Gasteiger partial charge is 0.305 e. The molecule has 2 rings (SSSR count). The summed E-state index contributed by atoms with van der Waals surface area (Å²) < 4.78 is 0. The van der Waals surface area contributed by atoms with Crippen LogP contribution < -0.4 is 10.2 Å². The van der Waals surface area contributed by atoms with Crippen molar-refractivity contribution in [2.75, 3.05) is 17.3 Å². The van der Waals surface area contributed by atoms with Gasteiger partial charge in [0.25, 0.3) is 0 Å². The number of halogens is 1. The summed E-state index contributed by atoms with van der Waals surface area (Å²) in [6, 6.07) is 2.91. The minimum Gasteiger partial charge on any atom is -0.481 e. The van der Waals surface area contributed by atoms with Gasteiger partial charge in [-0.05, 0) is 24.6 Å². The van der Waals surface area contributed by atoms with Crippen molar-refractivity contribution < 1.29 is 14.7 Å². The topological polar surface area (TPSA) is 69.6 Å². The molecular weight excluding hydrogens is 256 g/mol. The Morgan fingerprint density at radius 2 is 2.22 bits per heavy atom. The fraction of sp³-hybridized carbons (Fsp3) is 0.333. The van der Waals surface area contributed by atoms with Crippen molar-refractivity contribution in [3.63, 3.8) is 0 Å². The van der Waals surface area contributed by atoms with Crippen LogP contribution in [0.25, 0.3) is 0 Å². The summed E-state index contributed by atoms with van der Waals surface area (Å²) in [7, 11) is 1.70. The van der Waals surface area contributed by atoms with Gasteiger partial charge in [-0.3, -0.25) is 9.59 Å². The average molecular weight is 269 g/mol. The normalized spacial score (nSPS) is 18.3. The van der Waals surface area contributed by atoms with Crippen LogP contribution >= 0.6 is 11.6 Å². The van der Waals surface area contributed by atoms with Crippen molar-refractivity contribution in [3.8, 4) is 0 Å². The number of rotatable bonds is 2. The van der Waals surface area contributed by atoms with Crippen LogP contribution in [0.4, 0.5) is 11.4 Å². The summed E-state index contributed by atoms with van der Waals surface area (Å²) >= 11 is 6.07. The van der Waals surface area contributed by atoms with Crippen LogP contribution in [0, 0.1) is 6.92 Å². The Kier molecular flexibility index (Phi) is 3.17. The van der Waals surface area contributed by atoms with Gasteiger partial charge in [0.15, 0.2) is 0 Å². The number of hydrogen-bond donors (Lipinski definition) is 2. The highest BCUT2D eigenvalue weighted by Crippen LogP contribution is 2.38. The van der Waals surface area contributed by atoms with Crippen molar-refractivity contribution in [3.05, 3.63) is 22.7 Å². The van der Waals surface area contributed by atoms with Gasteiger partial charge in [0.2, 0.25) is 5.91 Å². The quantitative estimate of drug-likeness (QED) is 0.859. The van der Waals surface area contributed by atoms with E-state index in [1.807, 2.05) is 13.0 Å². The second-order valence-corrected chi connectivity index (χ2v) is 4.76. The molecule has 1 unspecified atom stereocenters. The van der Waals surface area contributed by atoms with E-state index in [0.29, 0.717) is 10.7 Å². The number of nitrogens with one attached hydrogen (secondary N) is 1. The van der Waals surface area contributed by atoms with E-state index in [1.54, 1.807) is 18.0 Å². The molecule has 0 saturated carbocycles. The number of aliphatic carboxylic acids is 1. The molecule has 18 heavy (non-hydrogen) atoms. The number of carbonyl (C=O) groups is 2. The fourth-order valence-electron chi connectivity index (χ4n) is 2.07. The number of carboxylic acids is 1. The van der Waals surface area contributed by atoms with Gasteiger partial charge < -0.3 is 15.3 Å². The van der Waals surface area contributed by atoms with Crippen molar-refractivity contribution in [2.24, 2.45) is 0 Å². The van der Waals surface area contributed by atoms with Gasteiger partial charge >= 0.3 is 5.97 Å². The van der Waals surface area contributed by atoms with Crippen LogP contribution in [-0.2, 0) is 9.59 Å². The standard InChI is InChI=1S/C12H13ClN2O3/c1-6-3-7(13)11-8(4-6)15(2)9(5-10(16)17)12(18)14-11/h3-4,9H,5H2,1-2H3,(H,14,18)(H,16,17). The van der Waals surface area contributed by atoms with E-state index in [-0.39, 0.29) is 12.3 Å². The van der Waals surface area contributed by atoms with E-state index < -0.39 is 12.0 Å². The van der Waals surface area contributed by atoms with Gasteiger partial charge in [-0.25, -0.2) is 0 Å². The van der Waals surface area contributed by atoms with Crippen molar-refractivity contribution in [2.45, 2.75) is 19.4 Å². The van der Waals surface area contributed by atoms with Gasteiger partial charge in [0, 0.05) is 7.05 Å². The monoisotopic (exact) mass is 268 g/mol. The lowest BCUT2D eigenvalue weighted by molar-refractivity contribution is -0.138. The molecule has 2 N–H and O–H groups in total. The molecule has 5 nitrogen and oxygen atoms in total. The van der Waals surface area contributed by atoms with E-state index in [0.717, 1.165) is 11.3 Å². The summed E-state index contributed by atoms with van der Waals surface area (Å²) in [6.07, 6.45) is -0.243. The number of carbonyl (C=O) groups excluding carboxylic acids is 1. The minimum atomic E-state index is -1.01. The highest BCUT2D eigenvalue weighted by atomic mass is 35.5. The Morgan fingerprint density at radius 3 is 2.83 bits per heavy atom. The molecule has 1 aromatic rings. The molecule has 1 aliphatic heterocycles. The third kappa shape index (κ3) is 2.13. The molecular formula is C12H13ClN2O3. The Balaban J connectivity index is 2.45. The lowest BCUT2D eigenvalue weighted by atomic mass is 10.0. The number of aryl methyl sites for hydroxylation is 1. The number of benzene rings is 1. The molecule has 0 fully saturated rings. The van der Waals surface area contributed by atoms with E-state index in [9.17, 15) is 9.59 Å². The summed E-state index contributed by atoms with van der Waals surface area (Å²) in [5, 5.41) is 11.9. The number of carboxylic acid groups (broad SMARTS) is 1. The second-order valence-electron chi connectivity index (χ2n) is 4.35. The largest absolute Gasteiger partial charge is 0.481 e. The Bertz CT molecular complexity index is 530. The molecule has 1 amide bonds. The zero-order valence-electron chi connectivity index (χ0n) is 10.0. The molecule has 0 radical (unpaired) electrons. The average Bonchev–Trinajstić information content (AvgIpc) is 2.26. The molecule has 1 atom stereocenters. The van der Waals surface area contributed by atoms with Gasteiger partial charge in [0.05, 0.1) is 22.8 Å². The Labute approximate surface area is 109 Å². The maximum atomic E-state index is 11.9. The van der Waals surface area contributed by atoms with Crippen molar-refractivity contribution >= 4 is 34.9 Å². The molecule has 0 aromatic heterocycles. The number of anilines is 2. The van der Waals surface area contributed by atoms with Crippen LogP contribution in [0.1, 0.15) is 12.0 Å².